The second-order valence-corrected chi connectivity index (χ2v) is 6.33. The zero-order valence-corrected chi connectivity index (χ0v) is 14.8. The van der Waals surface area contributed by atoms with E-state index in [-0.39, 0.29) is 29.1 Å². The fraction of sp³-hybridized carbons (Fsp3) is 0.353. The Balaban J connectivity index is 2.00. The lowest BCUT2D eigenvalue weighted by Crippen LogP contribution is -2.32. The van der Waals surface area contributed by atoms with Gasteiger partial charge < -0.3 is 16.0 Å². The molecule has 27 heavy (non-hydrogen) atoms. The second kappa shape index (κ2) is 6.93. The molecule has 10 heteroatoms. The van der Waals surface area contributed by atoms with E-state index in [1.165, 1.54) is 6.92 Å². The Hall–Kier alpha value is -3.04. The Morgan fingerprint density at radius 1 is 1.37 bits per heavy atom. The van der Waals surface area contributed by atoms with Gasteiger partial charge in [-0.2, -0.15) is 18.2 Å². The van der Waals surface area contributed by atoms with Crippen molar-refractivity contribution in [3.05, 3.63) is 34.9 Å². The Kier molecular flexibility index (Phi) is 4.81. The van der Waals surface area contributed by atoms with Gasteiger partial charge in [0, 0.05) is 25.7 Å². The van der Waals surface area contributed by atoms with Crippen LogP contribution in [0.3, 0.4) is 0 Å². The number of alkyl halides is 3. The van der Waals surface area contributed by atoms with Gasteiger partial charge in [0.2, 0.25) is 17.8 Å². The highest BCUT2D eigenvalue weighted by Gasteiger charge is 2.36. The highest BCUT2D eigenvalue weighted by molar-refractivity contribution is 5.78. The molecule has 2 heterocycles. The molecule has 0 fully saturated rings. The fourth-order valence-corrected chi connectivity index (χ4v) is 3.15. The van der Waals surface area contributed by atoms with Gasteiger partial charge in [-0.15, -0.1) is 5.10 Å². The number of aromatic nitrogens is 3. The van der Waals surface area contributed by atoms with Crippen LogP contribution in [0.5, 0.6) is 0 Å². The summed E-state index contributed by atoms with van der Waals surface area (Å²) in [5.74, 6) is 0.0504. The number of carbonyl (C=O) groups excluding carboxylic acids is 1. The predicted molar refractivity (Wildman–Crippen MR) is 95.1 cm³/mol. The van der Waals surface area contributed by atoms with E-state index in [1.54, 1.807) is 24.0 Å². The molecule has 0 saturated heterocycles. The first kappa shape index (κ1) is 18.7. The van der Waals surface area contributed by atoms with Crippen LogP contribution in [0.4, 0.5) is 30.8 Å². The SMILES string of the molecule is CC(=O)N1CC=C(c2c(C)cc(Nc3n[nH]c(N)n3)cc2C(F)(F)F)CC1. The van der Waals surface area contributed by atoms with E-state index < -0.39 is 11.7 Å². The maximum atomic E-state index is 13.7. The Labute approximate surface area is 153 Å². The van der Waals surface area contributed by atoms with Crippen molar-refractivity contribution in [2.24, 2.45) is 0 Å². The summed E-state index contributed by atoms with van der Waals surface area (Å²) >= 11 is 0. The van der Waals surface area contributed by atoms with Crippen molar-refractivity contribution in [2.75, 3.05) is 24.1 Å². The van der Waals surface area contributed by atoms with Crippen LogP contribution in [0.1, 0.15) is 30.0 Å². The molecule has 0 saturated carbocycles. The summed E-state index contributed by atoms with van der Waals surface area (Å²) in [6.07, 6.45) is -2.48. The van der Waals surface area contributed by atoms with Crippen LogP contribution in [0.15, 0.2) is 18.2 Å². The lowest BCUT2D eigenvalue weighted by molar-refractivity contribution is -0.137. The van der Waals surface area contributed by atoms with Gasteiger partial charge in [0.1, 0.15) is 0 Å². The van der Waals surface area contributed by atoms with Gasteiger partial charge >= 0.3 is 6.18 Å². The number of hydrogen-bond donors (Lipinski definition) is 3. The molecule has 3 rings (SSSR count). The number of halogens is 3. The lowest BCUT2D eigenvalue weighted by atomic mass is 9.90. The maximum absolute atomic E-state index is 13.7. The van der Waals surface area contributed by atoms with Crippen molar-refractivity contribution in [3.63, 3.8) is 0 Å². The van der Waals surface area contributed by atoms with E-state index in [2.05, 4.69) is 20.5 Å². The smallest absolute Gasteiger partial charge is 0.368 e. The molecule has 0 bridgehead atoms. The first-order valence-electron chi connectivity index (χ1n) is 8.27. The number of nitrogens with zero attached hydrogens (tertiary/aromatic N) is 3. The lowest BCUT2D eigenvalue weighted by Gasteiger charge is -2.27. The number of aromatic amines is 1. The molecule has 2 aromatic rings. The maximum Gasteiger partial charge on any atom is 0.417 e. The van der Waals surface area contributed by atoms with Crippen LogP contribution < -0.4 is 11.1 Å². The van der Waals surface area contributed by atoms with Gasteiger partial charge in [-0.25, -0.2) is 5.10 Å². The van der Waals surface area contributed by atoms with Crippen LogP contribution in [-0.4, -0.2) is 39.1 Å². The highest BCUT2D eigenvalue weighted by atomic mass is 19.4. The quantitative estimate of drug-likeness (QED) is 0.760. The third-order valence-electron chi connectivity index (χ3n) is 4.38. The molecule has 7 nitrogen and oxygen atoms in total. The van der Waals surface area contributed by atoms with Gasteiger partial charge in [0.15, 0.2) is 0 Å². The van der Waals surface area contributed by atoms with E-state index >= 15 is 0 Å². The Morgan fingerprint density at radius 3 is 2.63 bits per heavy atom. The average molecular weight is 380 g/mol. The molecule has 1 aliphatic heterocycles. The minimum absolute atomic E-state index is 0.0595. The molecule has 1 aromatic heterocycles. The second-order valence-electron chi connectivity index (χ2n) is 6.33. The number of H-pyrrole nitrogens is 1. The molecule has 0 radical (unpaired) electrons. The van der Waals surface area contributed by atoms with Crippen molar-refractivity contribution in [1.82, 2.24) is 20.1 Å². The molecule has 0 spiro atoms. The first-order chi connectivity index (χ1) is 12.6. The number of nitrogens with two attached hydrogens (primary N) is 1. The van der Waals surface area contributed by atoms with Crippen LogP contribution in [0, 0.1) is 6.92 Å². The van der Waals surface area contributed by atoms with Crippen molar-refractivity contribution in [2.45, 2.75) is 26.4 Å². The number of anilines is 3. The van der Waals surface area contributed by atoms with Crippen LogP contribution in [-0.2, 0) is 11.0 Å². The summed E-state index contributed by atoms with van der Waals surface area (Å²) in [4.78, 5) is 16.9. The first-order valence-corrected chi connectivity index (χ1v) is 8.27. The molecule has 0 aliphatic carbocycles. The molecule has 1 amide bonds. The van der Waals surface area contributed by atoms with Crippen molar-refractivity contribution in [3.8, 4) is 0 Å². The van der Waals surface area contributed by atoms with Gasteiger partial charge in [-0.05, 0) is 42.2 Å². The third-order valence-corrected chi connectivity index (χ3v) is 4.38. The number of amides is 1. The topological polar surface area (TPSA) is 99.9 Å². The number of nitrogens with one attached hydrogen (secondary N) is 2. The molecule has 1 aliphatic rings. The number of benzene rings is 1. The van der Waals surface area contributed by atoms with Crippen LogP contribution in [0.2, 0.25) is 0 Å². The summed E-state index contributed by atoms with van der Waals surface area (Å²) in [6, 6.07) is 2.64. The average Bonchev–Trinajstić information content (AvgIpc) is 2.98. The van der Waals surface area contributed by atoms with E-state index in [4.69, 9.17) is 5.73 Å². The summed E-state index contributed by atoms with van der Waals surface area (Å²) in [6.45, 7) is 3.77. The number of rotatable bonds is 3. The molecule has 0 unspecified atom stereocenters. The van der Waals surface area contributed by atoms with Crippen molar-refractivity contribution in [1.29, 1.82) is 0 Å². The van der Waals surface area contributed by atoms with E-state index in [0.717, 1.165) is 6.07 Å². The zero-order chi connectivity index (χ0) is 19.8. The fourth-order valence-electron chi connectivity index (χ4n) is 3.15. The number of hydrogen-bond acceptors (Lipinski definition) is 5. The van der Waals surface area contributed by atoms with E-state index in [9.17, 15) is 18.0 Å². The highest BCUT2D eigenvalue weighted by Crippen LogP contribution is 2.40. The van der Waals surface area contributed by atoms with E-state index in [1.807, 2.05) is 0 Å². The largest absolute Gasteiger partial charge is 0.417 e. The summed E-state index contributed by atoms with van der Waals surface area (Å²) in [7, 11) is 0. The van der Waals surface area contributed by atoms with Crippen LogP contribution >= 0.6 is 0 Å². The predicted octanol–water partition coefficient (Wildman–Crippen LogP) is 3.09. The normalized spacial score (nSPS) is 14.9. The standard InChI is InChI=1S/C17H19F3N6O/c1-9-7-12(22-16-23-15(21)24-25-16)8-13(17(18,19)20)14(9)11-3-5-26(6-4-11)10(2)27/h3,7-8H,4-6H2,1-2H3,(H4,21,22,23,24,25). The summed E-state index contributed by atoms with van der Waals surface area (Å²) in [5.41, 5.74) is 6.12. The monoisotopic (exact) mass is 380 g/mol. The van der Waals surface area contributed by atoms with Gasteiger partial charge in [0.05, 0.1) is 5.56 Å². The minimum Gasteiger partial charge on any atom is -0.368 e. The van der Waals surface area contributed by atoms with Crippen molar-refractivity contribution < 1.29 is 18.0 Å². The Bertz CT molecular complexity index is 903. The van der Waals surface area contributed by atoms with Crippen LogP contribution in [0.25, 0.3) is 5.57 Å². The summed E-state index contributed by atoms with van der Waals surface area (Å²) < 4.78 is 41.2. The van der Waals surface area contributed by atoms with Crippen molar-refractivity contribution >= 4 is 29.1 Å². The number of aryl methyl sites for hydroxylation is 1. The molecular weight excluding hydrogens is 361 g/mol. The molecular formula is C17H19F3N6O. The molecule has 144 valence electrons. The molecule has 4 N–H and O–H groups in total. The molecule has 1 aromatic carbocycles. The van der Waals surface area contributed by atoms with Gasteiger partial charge in [0.25, 0.3) is 0 Å². The minimum atomic E-state index is -4.53. The zero-order valence-electron chi connectivity index (χ0n) is 14.8. The van der Waals surface area contributed by atoms with Gasteiger partial charge in [-0.3, -0.25) is 4.79 Å². The number of nitrogen functional groups attached to an aromatic ring is 1. The van der Waals surface area contributed by atoms with E-state index in [0.29, 0.717) is 30.6 Å². The third kappa shape index (κ3) is 4.04. The number of carbonyl (C=O) groups is 1. The summed E-state index contributed by atoms with van der Waals surface area (Å²) in [5, 5.41) is 8.91. The Morgan fingerprint density at radius 2 is 2.11 bits per heavy atom. The van der Waals surface area contributed by atoms with Gasteiger partial charge in [-0.1, -0.05) is 6.08 Å². The molecule has 0 atom stereocenters.